The van der Waals surface area contributed by atoms with E-state index in [2.05, 4.69) is 0 Å². The number of ether oxygens (including phenoxy) is 3. The van der Waals surface area contributed by atoms with Crippen molar-refractivity contribution in [3.05, 3.63) is 29.8 Å². The van der Waals surface area contributed by atoms with Crippen molar-refractivity contribution in [2.24, 2.45) is 0 Å². The Morgan fingerprint density at radius 3 is 2.58 bits per heavy atom. The molecule has 8 heteroatoms. The number of methoxy groups -OCH3 is 1. The summed E-state index contributed by atoms with van der Waals surface area (Å²) in [4.78, 5) is 11.9. The van der Waals surface area contributed by atoms with Crippen molar-refractivity contribution in [2.75, 3.05) is 7.11 Å². The number of carbonyl (C=O) groups is 1. The number of hydrogen-bond donors (Lipinski definition) is 4. The first kappa shape index (κ1) is 18.2. The van der Waals surface area contributed by atoms with E-state index >= 15 is 0 Å². The second-order valence-corrected chi connectivity index (χ2v) is 5.38. The van der Waals surface area contributed by atoms with E-state index in [1.807, 2.05) is 0 Å². The fourth-order valence-corrected chi connectivity index (χ4v) is 2.30. The van der Waals surface area contributed by atoms with Crippen LogP contribution in [0.3, 0.4) is 0 Å². The Hall–Kier alpha value is -2.13. The van der Waals surface area contributed by atoms with Crippen molar-refractivity contribution in [1.82, 2.24) is 0 Å². The molecule has 132 valence electrons. The summed E-state index contributed by atoms with van der Waals surface area (Å²) in [6.45, 7) is 1.48. The zero-order chi connectivity index (χ0) is 17.9. The minimum Gasteiger partial charge on any atom is -0.504 e. The van der Waals surface area contributed by atoms with Gasteiger partial charge in [0.25, 0.3) is 0 Å². The van der Waals surface area contributed by atoms with Gasteiger partial charge < -0.3 is 34.6 Å². The molecule has 1 aliphatic heterocycles. The molecule has 8 nitrogen and oxygen atoms in total. The fraction of sp³-hybridized carbons (Fsp3) is 0.438. The molecule has 4 N–H and O–H groups in total. The van der Waals surface area contributed by atoms with Gasteiger partial charge in [-0.1, -0.05) is 6.07 Å². The quantitative estimate of drug-likeness (QED) is 0.438. The molecule has 1 aromatic rings. The SMILES string of the molecule is COc1ccc(C=CC(=O)O[C@@H]2[C@@H](O)[C@H](C)O[C@H](O)[C@@H]2O)cc1O. The molecule has 5 atom stereocenters. The molecular formula is C16H20O8. The lowest BCUT2D eigenvalue weighted by molar-refractivity contribution is -0.280. The van der Waals surface area contributed by atoms with Crippen molar-refractivity contribution in [3.8, 4) is 11.5 Å². The van der Waals surface area contributed by atoms with Gasteiger partial charge in [0, 0.05) is 6.08 Å². The molecule has 0 spiro atoms. The van der Waals surface area contributed by atoms with Gasteiger partial charge in [0.15, 0.2) is 23.9 Å². The van der Waals surface area contributed by atoms with Crippen molar-refractivity contribution < 1.29 is 39.4 Å². The summed E-state index contributed by atoms with van der Waals surface area (Å²) >= 11 is 0. The molecule has 0 saturated carbocycles. The summed E-state index contributed by atoms with van der Waals surface area (Å²) in [6, 6.07) is 4.54. The van der Waals surface area contributed by atoms with Crippen LogP contribution in [0.15, 0.2) is 24.3 Å². The molecular weight excluding hydrogens is 320 g/mol. The van der Waals surface area contributed by atoms with Crippen LogP contribution in [0, 0.1) is 0 Å². The lowest BCUT2D eigenvalue weighted by Gasteiger charge is -2.38. The number of carbonyl (C=O) groups excluding carboxylic acids is 1. The Bertz CT molecular complexity index is 600. The van der Waals surface area contributed by atoms with Gasteiger partial charge in [0.05, 0.1) is 13.2 Å². The Morgan fingerprint density at radius 2 is 1.96 bits per heavy atom. The maximum absolute atomic E-state index is 11.9. The molecule has 0 unspecified atom stereocenters. The molecule has 0 amide bonds. The van der Waals surface area contributed by atoms with Gasteiger partial charge in [-0.3, -0.25) is 0 Å². The largest absolute Gasteiger partial charge is 0.504 e. The molecule has 24 heavy (non-hydrogen) atoms. The molecule has 0 aliphatic carbocycles. The number of aliphatic hydroxyl groups is 3. The first-order valence-electron chi connectivity index (χ1n) is 7.29. The molecule has 1 fully saturated rings. The highest BCUT2D eigenvalue weighted by Crippen LogP contribution is 2.27. The topological polar surface area (TPSA) is 126 Å². The highest BCUT2D eigenvalue weighted by molar-refractivity contribution is 5.87. The minimum atomic E-state index is -1.56. The van der Waals surface area contributed by atoms with Gasteiger partial charge in [-0.05, 0) is 30.7 Å². The average Bonchev–Trinajstić information content (AvgIpc) is 2.55. The van der Waals surface area contributed by atoms with Crippen molar-refractivity contribution in [2.45, 2.75) is 37.6 Å². The summed E-state index contributed by atoms with van der Waals surface area (Å²) in [7, 11) is 1.42. The van der Waals surface area contributed by atoms with Crippen LogP contribution in [0.1, 0.15) is 12.5 Å². The van der Waals surface area contributed by atoms with Crippen LogP contribution in [-0.2, 0) is 14.3 Å². The Labute approximate surface area is 138 Å². The van der Waals surface area contributed by atoms with Gasteiger partial charge in [-0.15, -0.1) is 0 Å². The predicted octanol–water partition coefficient (Wildman–Crippen LogP) is -0.215. The molecule has 0 bridgehead atoms. The van der Waals surface area contributed by atoms with Crippen molar-refractivity contribution in [1.29, 1.82) is 0 Å². The summed E-state index contributed by atoms with van der Waals surface area (Å²) < 4.78 is 14.8. The van der Waals surface area contributed by atoms with E-state index in [0.29, 0.717) is 11.3 Å². The maximum atomic E-state index is 11.9. The van der Waals surface area contributed by atoms with Crippen LogP contribution in [0.4, 0.5) is 0 Å². The van der Waals surface area contributed by atoms with E-state index in [9.17, 15) is 25.2 Å². The van der Waals surface area contributed by atoms with E-state index in [1.54, 1.807) is 6.07 Å². The number of benzene rings is 1. The fourth-order valence-electron chi connectivity index (χ4n) is 2.30. The third-order valence-electron chi connectivity index (χ3n) is 3.67. The van der Waals surface area contributed by atoms with Crippen molar-refractivity contribution >= 4 is 12.0 Å². The first-order chi connectivity index (χ1) is 11.3. The average molecular weight is 340 g/mol. The zero-order valence-electron chi connectivity index (χ0n) is 13.2. The van der Waals surface area contributed by atoms with Gasteiger partial charge in [0.1, 0.15) is 12.2 Å². The van der Waals surface area contributed by atoms with Crippen LogP contribution in [0.25, 0.3) is 6.08 Å². The second-order valence-electron chi connectivity index (χ2n) is 5.38. The molecule has 1 heterocycles. The van der Waals surface area contributed by atoms with E-state index in [4.69, 9.17) is 14.2 Å². The molecule has 1 aliphatic rings. The second kappa shape index (κ2) is 7.63. The molecule has 0 aromatic heterocycles. The van der Waals surface area contributed by atoms with E-state index < -0.39 is 36.7 Å². The van der Waals surface area contributed by atoms with Crippen LogP contribution >= 0.6 is 0 Å². The van der Waals surface area contributed by atoms with Gasteiger partial charge in [-0.25, -0.2) is 4.79 Å². The van der Waals surface area contributed by atoms with Crippen molar-refractivity contribution in [3.63, 3.8) is 0 Å². The predicted molar refractivity (Wildman–Crippen MR) is 82.1 cm³/mol. The normalized spacial score (nSPS) is 30.3. The summed E-state index contributed by atoms with van der Waals surface area (Å²) in [5.41, 5.74) is 0.520. The van der Waals surface area contributed by atoms with Crippen LogP contribution < -0.4 is 4.74 Å². The summed E-state index contributed by atoms with van der Waals surface area (Å²) in [5, 5.41) is 38.8. The number of rotatable bonds is 4. The standard InChI is InChI=1S/C16H20O8/c1-8-13(19)15(14(20)16(21)23-8)24-12(18)6-4-9-3-5-11(22-2)10(17)7-9/h3-8,13-17,19-21H,1-2H3/t8-,13-,14+,15+,16-/m0/s1. The van der Waals surface area contributed by atoms with E-state index in [-0.39, 0.29) is 5.75 Å². The third kappa shape index (κ3) is 4.04. The smallest absolute Gasteiger partial charge is 0.331 e. The number of phenolic OH excluding ortho intramolecular Hbond substituents is 1. The van der Waals surface area contributed by atoms with E-state index in [1.165, 1.54) is 32.2 Å². The maximum Gasteiger partial charge on any atom is 0.331 e. The number of hydrogen-bond acceptors (Lipinski definition) is 8. The minimum absolute atomic E-state index is 0.0831. The Morgan fingerprint density at radius 1 is 1.25 bits per heavy atom. The highest BCUT2D eigenvalue weighted by atomic mass is 16.6. The van der Waals surface area contributed by atoms with Crippen LogP contribution in [-0.4, -0.2) is 64.2 Å². The molecule has 2 rings (SSSR count). The Kier molecular flexibility index (Phi) is 5.79. The molecule has 0 radical (unpaired) electrons. The van der Waals surface area contributed by atoms with Gasteiger partial charge in [0.2, 0.25) is 0 Å². The molecule has 1 aromatic carbocycles. The summed E-state index contributed by atoms with van der Waals surface area (Å²) in [6.07, 6.45) is -4.03. The number of aliphatic hydroxyl groups excluding tert-OH is 3. The van der Waals surface area contributed by atoms with Gasteiger partial charge in [-0.2, -0.15) is 0 Å². The Balaban J connectivity index is 2.03. The van der Waals surface area contributed by atoms with Crippen LogP contribution in [0.2, 0.25) is 0 Å². The molecule has 1 saturated heterocycles. The lowest BCUT2D eigenvalue weighted by Crippen LogP contribution is -2.58. The lowest BCUT2D eigenvalue weighted by atomic mass is 10.00. The third-order valence-corrected chi connectivity index (χ3v) is 3.67. The monoisotopic (exact) mass is 340 g/mol. The zero-order valence-corrected chi connectivity index (χ0v) is 13.2. The number of esters is 1. The highest BCUT2D eigenvalue weighted by Gasteiger charge is 2.44. The summed E-state index contributed by atoms with van der Waals surface area (Å²) in [5.74, 6) is -0.610. The van der Waals surface area contributed by atoms with Gasteiger partial charge >= 0.3 is 5.97 Å². The number of phenols is 1. The van der Waals surface area contributed by atoms with Crippen LogP contribution in [0.5, 0.6) is 11.5 Å². The first-order valence-corrected chi connectivity index (χ1v) is 7.29. The number of aromatic hydroxyl groups is 1. The van der Waals surface area contributed by atoms with E-state index in [0.717, 1.165) is 6.08 Å².